The number of nitrogens with zero attached hydrogens (tertiary/aromatic N) is 1. The molecule has 0 aliphatic rings. The van der Waals surface area contributed by atoms with Crippen LogP contribution in [0.1, 0.15) is 29.8 Å². The molecule has 1 aromatic rings. The van der Waals surface area contributed by atoms with Gasteiger partial charge in [0, 0.05) is 17.8 Å². The Kier molecular flexibility index (Phi) is 4.10. The van der Waals surface area contributed by atoms with E-state index in [9.17, 15) is 9.59 Å². The number of nitrogen functional groups attached to an aromatic ring is 1. The van der Waals surface area contributed by atoms with Crippen LogP contribution < -0.4 is 11.5 Å². The topological polar surface area (TPSA) is 89.4 Å². The highest BCUT2D eigenvalue weighted by atomic mass is 35.5. The van der Waals surface area contributed by atoms with E-state index in [1.807, 2.05) is 0 Å². The Bertz CT molecular complexity index is 541. The number of carbonyl (C=O) groups is 2. The molecule has 0 unspecified atom stereocenters. The molecular weight excluding hydrogens is 266 g/mol. The number of hydrogen-bond acceptors (Lipinski definition) is 3. The molecule has 19 heavy (non-hydrogen) atoms. The molecule has 0 aromatic heterocycles. The minimum atomic E-state index is -1.11. The lowest BCUT2D eigenvalue weighted by atomic mass is 10.00. The summed E-state index contributed by atoms with van der Waals surface area (Å²) in [5, 5.41) is 0.417. The molecule has 1 aromatic carbocycles. The summed E-state index contributed by atoms with van der Waals surface area (Å²) in [7, 11) is 1.50. The number of likely N-dealkylation sites (N-methyl/N-ethyl adjacent to an activating group) is 1. The van der Waals surface area contributed by atoms with Crippen LogP contribution >= 0.6 is 11.6 Å². The fourth-order valence-electron chi connectivity index (χ4n) is 1.53. The maximum atomic E-state index is 12.4. The van der Waals surface area contributed by atoms with Crippen molar-refractivity contribution in [3.8, 4) is 0 Å². The summed E-state index contributed by atoms with van der Waals surface area (Å²) in [5.74, 6) is -0.993. The Morgan fingerprint density at radius 1 is 1.32 bits per heavy atom. The van der Waals surface area contributed by atoms with Gasteiger partial charge >= 0.3 is 0 Å². The molecule has 4 N–H and O–H groups in total. The summed E-state index contributed by atoms with van der Waals surface area (Å²) >= 11 is 5.93. The molecule has 0 aliphatic heterocycles. The van der Waals surface area contributed by atoms with Gasteiger partial charge in [0.25, 0.3) is 5.91 Å². The number of benzene rings is 1. The number of halogens is 1. The van der Waals surface area contributed by atoms with E-state index in [0.717, 1.165) is 0 Å². The molecule has 0 bridgehead atoms. The zero-order chi connectivity index (χ0) is 15.0. The van der Waals surface area contributed by atoms with Crippen LogP contribution in [0.5, 0.6) is 0 Å². The number of carbonyl (C=O) groups excluding carboxylic acids is 2. The van der Waals surface area contributed by atoms with Crippen molar-refractivity contribution in [3.63, 3.8) is 0 Å². The quantitative estimate of drug-likeness (QED) is 0.825. The van der Waals surface area contributed by atoms with Crippen molar-refractivity contribution in [1.82, 2.24) is 4.90 Å². The van der Waals surface area contributed by atoms with Crippen LogP contribution in [0, 0.1) is 6.92 Å². The summed E-state index contributed by atoms with van der Waals surface area (Å²) in [6.45, 7) is 4.90. The molecule has 0 saturated heterocycles. The molecule has 0 heterocycles. The summed E-state index contributed by atoms with van der Waals surface area (Å²) in [6, 6.07) is 3.16. The van der Waals surface area contributed by atoms with Gasteiger partial charge in [-0.2, -0.15) is 0 Å². The first kappa shape index (κ1) is 15.3. The maximum Gasteiger partial charge on any atom is 0.256 e. The van der Waals surface area contributed by atoms with E-state index < -0.39 is 17.4 Å². The van der Waals surface area contributed by atoms with E-state index in [1.165, 1.54) is 18.0 Å². The number of hydrogen-bond donors (Lipinski definition) is 2. The number of nitrogens with two attached hydrogens (primary N) is 2. The highest BCUT2D eigenvalue weighted by Crippen LogP contribution is 2.25. The number of amides is 2. The molecule has 0 radical (unpaired) electrons. The molecule has 2 amide bonds. The molecule has 0 aliphatic carbocycles. The van der Waals surface area contributed by atoms with Crippen LogP contribution in [-0.2, 0) is 4.79 Å². The Morgan fingerprint density at radius 2 is 1.84 bits per heavy atom. The third kappa shape index (κ3) is 2.81. The maximum absolute atomic E-state index is 12.4. The standard InChI is InChI=1S/C13H18ClN3O2/c1-7-5-8(14)6-9(10(7)15)11(18)17(4)13(2,3)12(16)19/h5-6H,15H2,1-4H3,(H2,16,19). The third-order valence-electron chi connectivity index (χ3n) is 3.33. The van der Waals surface area contributed by atoms with Crippen LogP contribution in [0.2, 0.25) is 5.02 Å². The van der Waals surface area contributed by atoms with Gasteiger partial charge in [-0.05, 0) is 38.5 Å². The van der Waals surface area contributed by atoms with Gasteiger partial charge < -0.3 is 16.4 Å². The van der Waals surface area contributed by atoms with Crippen molar-refractivity contribution in [2.45, 2.75) is 26.3 Å². The van der Waals surface area contributed by atoms with Crippen molar-refractivity contribution < 1.29 is 9.59 Å². The van der Waals surface area contributed by atoms with E-state index in [2.05, 4.69) is 0 Å². The van der Waals surface area contributed by atoms with Crippen molar-refractivity contribution in [2.24, 2.45) is 5.73 Å². The van der Waals surface area contributed by atoms with Gasteiger partial charge in [0.2, 0.25) is 5.91 Å². The largest absolute Gasteiger partial charge is 0.398 e. The van der Waals surface area contributed by atoms with Gasteiger partial charge in [-0.15, -0.1) is 0 Å². The normalized spacial score (nSPS) is 11.2. The number of primary amides is 1. The second-order valence-electron chi connectivity index (χ2n) is 4.97. The van der Waals surface area contributed by atoms with E-state index in [0.29, 0.717) is 16.3 Å². The molecule has 5 nitrogen and oxygen atoms in total. The first-order valence-corrected chi connectivity index (χ1v) is 6.10. The summed E-state index contributed by atoms with van der Waals surface area (Å²) in [6.07, 6.45) is 0. The van der Waals surface area contributed by atoms with Crippen LogP contribution in [0.25, 0.3) is 0 Å². The van der Waals surface area contributed by atoms with Crippen molar-refractivity contribution in [1.29, 1.82) is 0 Å². The van der Waals surface area contributed by atoms with E-state index in [-0.39, 0.29) is 5.56 Å². The number of rotatable bonds is 3. The molecular formula is C13H18ClN3O2. The molecule has 6 heteroatoms. The van der Waals surface area contributed by atoms with E-state index in [1.54, 1.807) is 26.8 Å². The summed E-state index contributed by atoms with van der Waals surface area (Å²) in [5.41, 5.74) is 11.4. The van der Waals surface area contributed by atoms with Gasteiger partial charge in [0.1, 0.15) is 5.54 Å². The summed E-state index contributed by atoms with van der Waals surface area (Å²) < 4.78 is 0. The minimum Gasteiger partial charge on any atom is -0.398 e. The second-order valence-corrected chi connectivity index (χ2v) is 5.41. The lowest BCUT2D eigenvalue weighted by Crippen LogP contribution is -2.53. The second kappa shape index (κ2) is 5.09. The number of anilines is 1. The van der Waals surface area contributed by atoms with E-state index in [4.69, 9.17) is 23.1 Å². The first-order valence-electron chi connectivity index (χ1n) is 5.72. The summed E-state index contributed by atoms with van der Waals surface area (Å²) in [4.78, 5) is 25.0. The molecule has 0 fully saturated rings. The van der Waals surface area contributed by atoms with Crippen molar-refractivity contribution >= 4 is 29.1 Å². The average Bonchev–Trinajstić information content (AvgIpc) is 2.31. The predicted molar refractivity (Wildman–Crippen MR) is 76.0 cm³/mol. The third-order valence-corrected chi connectivity index (χ3v) is 3.55. The Labute approximate surface area is 117 Å². The van der Waals surface area contributed by atoms with Crippen molar-refractivity contribution in [2.75, 3.05) is 12.8 Å². The zero-order valence-electron chi connectivity index (χ0n) is 11.5. The zero-order valence-corrected chi connectivity index (χ0v) is 12.2. The van der Waals surface area contributed by atoms with Gasteiger partial charge in [-0.25, -0.2) is 0 Å². The Morgan fingerprint density at radius 3 is 2.32 bits per heavy atom. The number of aryl methyl sites for hydroxylation is 1. The Balaban J connectivity index is 3.25. The Hall–Kier alpha value is -1.75. The first-order chi connectivity index (χ1) is 8.59. The highest BCUT2D eigenvalue weighted by molar-refractivity contribution is 6.31. The van der Waals surface area contributed by atoms with Crippen LogP contribution in [0.15, 0.2) is 12.1 Å². The van der Waals surface area contributed by atoms with Crippen molar-refractivity contribution in [3.05, 3.63) is 28.3 Å². The fraction of sp³-hybridized carbons (Fsp3) is 0.385. The smallest absolute Gasteiger partial charge is 0.256 e. The van der Waals surface area contributed by atoms with Gasteiger partial charge in [-0.3, -0.25) is 9.59 Å². The highest BCUT2D eigenvalue weighted by Gasteiger charge is 2.34. The molecule has 104 valence electrons. The molecule has 0 saturated carbocycles. The van der Waals surface area contributed by atoms with Gasteiger partial charge in [0.15, 0.2) is 0 Å². The monoisotopic (exact) mass is 283 g/mol. The SMILES string of the molecule is Cc1cc(Cl)cc(C(=O)N(C)C(C)(C)C(N)=O)c1N. The van der Waals surface area contributed by atoms with Crippen LogP contribution in [-0.4, -0.2) is 29.3 Å². The minimum absolute atomic E-state index is 0.266. The van der Waals surface area contributed by atoms with Gasteiger partial charge in [-0.1, -0.05) is 11.6 Å². The van der Waals surface area contributed by atoms with Gasteiger partial charge in [0.05, 0.1) is 5.56 Å². The molecule has 1 rings (SSSR count). The van der Waals surface area contributed by atoms with E-state index >= 15 is 0 Å². The predicted octanol–water partition coefficient (Wildman–Crippen LogP) is 1.57. The molecule has 0 spiro atoms. The fourth-order valence-corrected chi connectivity index (χ4v) is 1.80. The molecule has 0 atom stereocenters. The van der Waals surface area contributed by atoms with Crippen LogP contribution in [0.4, 0.5) is 5.69 Å². The lowest BCUT2D eigenvalue weighted by Gasteiger charge is -2.33. The average molecular weight is 284 g/mol. The van der Waals surface area contributed by atoms with Crippen LogP contribution in [0.3, 0.4) is 0 Å². The lowest BCUT2D eigenvalue weighted by molar-refractivity contribution is -0.126.